The van der Waals surface area contributed by atoms with E-state index in [9.17, 15) is 9.18 Å². The van der Waals surface area contributed by atoms with Crippen molar-refractivity contribution in [2.24, 2.45) is 0 Å². The second kappa shape index (κ2) is 7.13. The molecule has 0 amide bonds. The maximum atomic E-state index is 13.5. The minimum Gasteiger partial charge on any atom is -0.489 e. The molecule has 0 fully saturated rings. The summed E-state index contributed by atoms with van der Waals surface area (Å²) in [5, 5.41) is 4.48. The third-order valence-electron chi connectivity index (χ3n) is 4.17. The highest BCUT2D eigenvalue weighted by Crippen LogP contribution is 2.17. The average Bonchev–Trinajstić information content (AvgIpc) is 2.55. The van der Waals surface area contributed by atoms with Gasteiger partial charge >= 0.3 is 0 Å². The van der Waals surface area contributed by atoms with Crippen LogP contribution in [0, 0.1) is 5.82 Å². The molecule has 0 spiro atoms. The van der Waals surface area contributed by atoms with Gasteiger partial charge in [-0.1, -0.05) is 12.1 Å². The number of benzene rings is 1. The predicted molar refractivity (Wildman–Crippen MR) is 89.8 cm³/mol. The van der Waals surface area contributed by atoms with Crippen LogP contribution in [0.1, 0.15) is 31.1 Å². The first-order valence-electron chi connectivity index (χ1n) is 8.26. The molecule has 0 N–H and O–H groups in total. The van der Waals surface area contributed by atoms with Crippen LogP contribution in [-0.2, 0) is 13.0 Å². The van der Waals surface area contributed by atoms with Crippen molar-refractivity contribution in [2.75, 3.05) is 19.7 Å². The third-order valence-corrected chi connectivity index (χ3v) is 4.17. The lowest BCUT2D eigenvalue weighted by Gasteiger charge is -2.28. The molecular formula is C18H22FN3O2. The molecule has 1 aromatic heterocycles. The fourth-order valence-electron chi connectivity index (χ4n) is 2.88. The van der Waals surface area contributed by atoms with E-state index in [-0.39, 0.29) is 23.2 Å². The molecule has 2 heterocycles. The molecular weight excluding hydrogens is 309 g/mol. The molecule has 0 atom stereocenters. The summed E-state index contributed by atoms with van der Waals surface area (Å²) >= 11 is 0. The quantitative estimate of drug-likeness (QED) is 0.844. The van der Waals surface area contributed by atoms with E-state index < -0.39 is 0 Å². The smallest absolute Gasteiger partial charge is 0.267 e. The van der Waals surface area contributed by atoms with Gasteiger partial charge in [-0.3, -0.25) is 9.69 Å². The van der Waals surface area contributed by atoms with Crippen molar-refractivity contribution >= 4 is 0 Å². The number of nitrogens with zero attached hydrogens (tertiary/aromatic N) is 3. The minimum atomic E-state index is -0.347. The Morgan fingerprint density at radius 2 is 2.12 bits per heavy atom. The van der Waals surface area contributed by atoms with Crippen molar-refractivity contribution in [1.29, 1.82) is 0 Å². The fraction of sp³-hybridized carbons (Fsp3) is 0.444. The maximum absolute atomic E-state index is 13.5. The first kappa shape index (κ1) is 16.6. The van der Waals surface area contributed by atoms with Crippen LogP contribution < -0.4 is 10.3 Å². The molecule has 1 aliphatic heterocycles. The van der Waals surface area contributed by atoms with Crippen LogP contribution in [0.4, 0.5) is 4.39 Å². The number of aromatic nitrogens is 2. The normalized spacial score (nSPS) is 14.7. The van der Waals surface area contributed by atoms with Crippen molar-refractivity contribution in [2.45, 2.75) is 32.9 Å². The monoisotopic (exact) mass is 331 g/mol. The number of fused-ring (bicyclic) bond motifs is 1. The van der Waals surface area contributed by atoms with Crippen molar-refractivity contribution in [3.05, 3.63) is 57.8 Å². The van der Waals surface area contributed by atoms with Gasteiger partial charge in [0.25, 0.3) is 5.56 Å². The Labute approximate surface area is 140 Å². The fourth-order valence-corrected chi connectivity index (χ4v) is 2.88. The van der Waals surface area contributed by atoms with Gasteiger partial charge in [-0.15, -0.1) is 0 Å². The van der Waals surface area contributed by atoms with E-state index in [1.54, 1.807) is 24.3 Å². The highest BCUT2D eigenvalue weighted by Gasteiger charge is 2.19. The van der Waals surface area contributed by atoms with Crippen molar-refractivity contribution < 1.29 is 9.13 Å². The zero-order chi connectivity index (χ0) is 17.1. The molecule has 0 aliphatic carbocycles. The van der Waals surface area contributed by atoms with Crippen LogP contribution in [0.2, 0.25) is 0 Å². The Morgan fingerprint density at radius 1 is 1.33 bits per heavy atom. The summed E-state index contributed by atoms with van der Waals surface area (Å²) in [5.41, 5.74) is 1.91. The van der Waals surface area contributed by atoms with Gasteiger partial charge in [-0.25, -0.2) is 9.07 Å². The van der Waals surface area contributed by atoms with E-state index in [1.165, 1.54) is 10.7 Å². The zero-order valence-electron chi connectivity index (χ0n) is 14.0. The standard InChI is InChI=1S/C18H22FN3O2/c1-13(2)22-18(23)11-14-12-21(8-7-16(14)20-22)9-10-24-17-6-4-3-5-15(17)19/h3-6,11,13H,7-10,12H2,1-2H3. The summed E-state index contributed by atoms with van der Waals surface area (Å²) in [6.45, 7) is 6.54. The molecule has 0 unspecified atom stereocenters. The van der Waals surface area contributed by atoms with E-state index in [2.05, 4.69) is 10.00 Å². The van der Waals surface area contributed by atoms with Crippen molar-refractivity contribution in [3.8, 4) is 5.75 Å². The molecule has 0 radical (unpaired) electrons. The third kappa shape index (κ3) is 3.64. The van der Waals surface area contributed by atoms with Crippen molar-refractivity contribution in [1.82, 2.24) is 14.7 Å². The van der Waals surface area contributed by atoms with Gasteiger partial charge in [0.05, 0.1) is 11.7 Å². The number of rotatable bonds is 5. The molecule has 0 bridgehead atoms. The molecule has 24 heavy (non-hydrogen) atoms. The molecule has 128 valence electrons. The van der Waals surface area contributed by atoms with Crippen LogP contribution >= 0.6 is 0 Å². The number of halogens is 1. The van der Waals surface area contributed by atoms with E-state index in [1.807, 2.05) is 13.8 Å². The van der Waals surface area contributed by atoms with Gasteiger partial charge in [0.15, 0.2) is 11.6 Å². The molecule has 2 aromatic rings. The number of hydrogen-bond acceptors (Lipinski definition) is 4. The van der Waals surface area contributed by atoms with Gasteiger partial charge in [0.1, 0.15) is 6.61 Å². The summed E-state index contributed by atoms with van der Waals surface area (Å²) in [6.07, 6.45) is 0.808. The first-order valence-corrected chi connectivity index (χ1v) is 8.26. The number of ether oxygens (including phenoxy) is 1. The SMILES string of the molecule is CC(C)n1nc2c(cc1=O)CN(CCOc1ccccc1F)CC2. The van der Waals surface area contributed by atoms with Gasteiger partial charge < -0.3 is 4.74 Å². The number of para-hydroxylation sites is 1. The first-order chi connectivity index (χ1) is 11.5. The number of hydrogen-bond donors (Lipinski definition) is 0. The van der Waals surface area contributed by atoms with Crippen LogP contribution in [-0.4, -0.2) is 34.4 Å². The van der Waals surface area contributed by atoms with Crippen molar-refractivity contribution in [3.63, 3.8) is 0 Å². The van der Waals surface area contributed by atoms with Gasteiger partial charge in [0.2, 0.25) is 0 Å². The Balaban J connectivity index is 1.60. The van der Waals surface area contributed by atoms with E-state index in [4.69, 9.17) is 4.74 Å². The molecule has 1 aromatic carbocycles. The second-order valence-electron chi connectivity index (χ2n) is 6.30. The zero-order valence-corrected chi connectivity index (χ0v) is 14.0. The molecule has 6 heteroatoms. The predicted octanol–water partition coefficient (Wildman–Crippen LogP) is 2.40. The summed E-state index contributed by atoms with van der Waals surface area (Å²) in [4.78, 5) is 14.3. The minimum absolute atomic E-state index is 0.0618. The second-order valence-corrected chi connectivity index (χ2v) is 6.30. The van der Waals surface area contributed by atoms with Crippen LogP contribution in [0.3, 0.4) is 0 Å². The highest BCUT2D eigenvalue weighted by atomic mass is 19.1. The Hall–Kier alpha value is -2.21. The van der Waals surface area contributed by atoms with Gasteiger partial charge in [-0.05, 0) is 31.5 Å². The molecule has 3 rings (SSSR count). The van der Waals surface area contributed by atoms with Gasteiger partial charge in [-0.2, -0.15) is 5.10 Å². The average molecular weight is 331 g/mol. The maximum Gasteiger partial charge on any atom is 0.267 e. The Morgan fingerprint density at radius 3 is 2.88 bits per heavy atom. The lowest BCUT2D eigenvalue weighted by Crippen LogP contribution is -2.37. The molecule has 0 saturated heterocycles. The van der Waals surface area contributed by atoms with Gasteiger partial charge in [0, 0.05) is 32.1 Å². The van der Waals surface area contributed by atoms with E-state index in [0.717, 1.165) is 24.2 Å². The Kier molecular flexibility index (Phi) is 4.94. The lowest BCUT2D eigenvalue weighted by molar-refractivity contribution is 0.190. The summed E-state index contributed by atoms with van der Waals surface area (Å²) < 4.78 is 20.6. The Bertz CT molecular complexity index is 773. The van der Waals surface area contributed by atoms with E-state index >= 15 is 0 Å². The summed E-state index contributed by atoms with van der Waals surface area (Å²) in [6, 6.07) is 8.15. The van der Waals surface area contributed by atoms with E-state index in [0.29, 0.717) is 19.7 Å². The largest absolute Gasteiger partial charge is 0.489 e. The lowest BCUT2D eigenvalue weighted by atomic mass is 10.1. The summed E-state index contributed by atoms with van der Waals surface area (Å²) in [5.74, 6) is -0.0728. The molecule has 1 aliphatic rings. The van der Waals surface area contributed by atoms with Crippen LogP contribution in [0.5, 0.6) is 5.75 Å². The van der Waals surface area contributed by atoms with Crippen LogP contribution in [0.25, 0.3) is 0 Å². The van der Waals surface area contributed by atoms with Crippen LogP contribution in [0.15, 0.2) is 35.1 Å². The topological polar surface area (TPSA) is 47.4 Å². The highest BCUT2D eigenvalue weighted by molar-refractivity contribution is 5.23. The molecule has 5 nitrogen and oxygen atoms in total. The summed E-state index contributed by atoms with van der Waals surface area (Å²) in [7, 11) is 0. The molecule has 0 saturated carbocycles.